The number of anilines is 2. The van der Waals surface area contributed by atoms with Gasteiger partial charge in [0.25, 0.3) is 5.91 Å². The Morgan fingerprint density at radius 3 is 2.46 bits per heavy atom. The lowest BCUT2D eigenvalue weighted by atomic mass is 9.82. The monoisotopic (exact) mass is 540 g/mol. The van der Waals surface area contributed by atoms with Crippen molar-refractivity contribution in [2.45, 2.75) is 59.4 Å². The van der Waals surface area contributed by atoms with Crippen LogP contribution in [0, 0.1) is 18.8 Å². The van der Waals surface area contributed by atoms with Gasteiger partial charge in [-0.15, -0.1) is 22.7 Å². The zero-order valence-electron chi connectivity index (χ0n) is 21.7. The number of carbonyl (C=O) groups is 3. The molecule has 10 heteroatoms. The molecule has 3 aromatic rings. The highest BCUT2D eigenvalue weighted by molar-refractivity contribution is 7.18. The number of pyridine rings is 1. The second-order valence-electron chi connectivity index (χ2n) is 9.79. The fourth-order valence-electron chi connectivity index (χ4n) is 4.61. The number of hydrogen-bond donors (Lipinski definition) is 1. The number of methoxy groups -OCH3 is 1. The van der Waals surface area contributed by atoms with Crippen molar-refractivity contribution in [2.24, 2.45) is 11.8 Å². The van der Waals surface area contributed by atoms with Gasteiger partial charge in [-0.05, 0) is 70.1 Å². The number of carbonyl (C=O) groups excluding carboxylic acids is 3. The first kappa shape index (κ1) is 26.9. The molecule has 0 bridgehead atoms. The third kappa shape index (κ3) is 5.91. The highest BCUT2D eigenvalue weighted by Gasteiger charge is 2.34. The molecule has 0 aromatic carbocycles. The van der Waals surface area contributed by atoms with Crippen molar-refractivity contribution in [1.82, 2.24) is 9.97 Å². The average molecular weight is 541 g/mol. The molecule has 1 N–H and O–H groups in total. The number of aryl methyl sites for hydroxylation is 1. The summed E-state index contributed by atoms with van der Waals surface area (Å²) < 4.78 is 5.08. The van der Waals surface area contributed by atoms with Gasteiger partial charge in [-0.1, -0.05) is 6.92 Å². The van der Waals surface area contributed by atoms with Gasteiger partial charge >= 0.3 is 5.97 Å². The van der Waals surface area contributed by atoms with Crippen molar-refractivity contribution in [3.63, 3.8) is 0 Å². The number of ether oxygens (including phenoxy) is 1. The predicted octanol–water partition coefficient (Wildman–Crippen LogP) is 6.18. The van der Waals surface area contributed by atoms with Crippen molar-refractivity contribution >= 4 is 51.8 Å². The lowest BCUT2D eigenvalue weighted by Crippen LogP contribution is -2.42. The number of nitrogens with one attached hydrogen (secondary N) is 1. The molecular weight excluding hydrogens is 508 g/mol. The normalized spacial score (nSPS) is 17.5. The van der Waals surface area contributed by atoms with Crippen LogP contribution in [-0.2, 0) is 9.53 Å². The van der Waals surface area contributed by atoms with Gasteiger partial charge in [-0.2, -0.15) is 0 Å². The quantitative estimate of drug-likeness (QED) is 0.359. The molecule has 0 saturated heterocycles. The van der Waals surface area contributed by atoms with E-state index in [4.69, 9.17) is 4.74 Å². The van der Waals surface area contributed by atoms with E-state index in [0.717, 1.165) is 36.1 Å². The molecule has 8 nitrogen and oxygen atoms in total. The number of thiophene rings is 1. The van der Waals surface area contributed by atoms with E-state index in [0.29, 0.717) is 33.6 Å². The van der Waals surface area contributed by atoms with Crippen LogP contribution in [0.4, 0.5) is 11.4 Å². The van der Waals surface area contributed by atoms with Gasteiger partial charge in [-0.3, -0.25) is 14.6 Å². The summed E-state index contributed by atoms with van der Waals surface area (Å²) in [5.74, 6) is -0.133. The second-order valence-corrected chi connectivity index (χ2v) is 11.6. The number of hydrogen-bond acceptors (Lipinski definition) is 8. The molecule has 1 aliphatic carbocycles. The van der Waals surface area contributed by atoms with Gasteiger partial charge < -0.3 is 15.0 Å². The summed E-state index contributed by atoms with van der Waals surface area (Å²) in [5.41, 5.74) is 4.56. The molecular formula is C27H32N4O4S2. The summed E-state index contributed by atoms with van der Waals surface area (Å²) in [6.45, 7) is 8.03. The number of nitrogens with zero attached hydrogens (tertiary/aromatic N) is 3. The zero-order chi connectivity index (χ0) is 26.7. The van der Waals surface area contributed by atoms with E-state index in [-0.39, 0.29) is 23.8 Å². The van der Waals surface area contributed by atoms with Crippen LogP contribution in [-0.4, -0.2) is 40.9 Å². The first-order chi connectivity index (χ1) is 17.7. The van der Waals surface area contributed by atoms with Crippen molar-refractivity contribution in [3.05, 3.63) is 45.4 Å². The molecule has 1 aliphatic rings. The summed E-state index contributed by atoms with van der Waals surface area (Å²) >= 11 is 2.61. The molecule has 0 spiro atoms. The maximum absolute atomic E-state index is 13.7. The Morgan fingerprint density at radius 1 is 1.14 bits per heavy atom. The van der Waals surface area contributed by atoms with Crippen LogP contribution in [0.25, 0.3) is 10.6 Å². The number of aromatic nitrogens is 2. The van der Waals surface area contributed by atoms with Gasteiger partial charge in [0.05, 0.1) is 40.8 Å². The molecule has 2 amide bonds. The minimum Gasteiger partial charge on any atom is -0.465 e. The molecule has 1 saturated carbocycles. The van der Waals surface area contributed by atoms with Crippen molar-refractivity contribution in [2.75, 3.05) is 17.3 Å². The third-order valence-corrected chi connectivity index (χ3v) is 8.45. The molecule has 1 fully saturated rings. The van der Waals surface area contributed by atoms with Crippen LogP contribution in [0.1, 0.15) is 72.2 Å². The first-order valence-corrected chi connectivity index (χ1v) is 14.2. The fourth-order valence-corrected chi connectivity index (χ4v) is 6.18. The molecule has 4 rings (SSSR count). The average Bonchev–Trinajstić information content (AvgIpc) is 3.56. The van der Waals surface area contributed by atoms with E-state index in [2.05, 4.69) is 22.2 Å². The largest absolute Gasteiger partial charge is 0.465 e. The molecule has 196 valence electrons. The number of thiazole rings is 1. The lowest BCUT2D eigenvalue weighted by molar-refractivity contribution is -0.123. The van der Waals surface area contributed by atoms with Gasteiger partial charge in [0.1, 0.15) is 10.6 Å². The highest BCUT2D eigenvalue weighted by Crippen LogP contribution is 2.40. The van der Waals surface area contributed by atoms with E-state index in [9.17, 15) is 14.4 Å². The Morgan fingerprint density at radius 2 is 1.86 bits per heavy atom. The highest BCUT2D eigenvalue weighted by atomic mass is 32.1. The van der Waals surface area contributed by atoms with Gasteiger partial charge in [0, 0.05) is 17.3 Å². The maximum atomic E-state index is 13.7. The Bertz CT molecular complexity index is 1280. The van der Waals surface area contributed by atoms with Crippen LogP contribution in [0.3, 0.4) is 0 Å². The van der Waals surface area contributed by atoms with Crippen LogP contribution in [0.5, 0.6) is 0 Å². The topological polar surface area (TPSA) is 101 Å². The van der Waals surface area contributed by atoms with Crippen molar-refractivity contribution in [3.8, 4) is 10.6 Å². The second kappa shape index (κ2) is 11.5. The smallest absolute Gasteiger partial charge is 0.350 e. The Hall–Kier alpha value is -3.11. The van der Waals surface area contributed by atoms with Crippen LogP contribution in [0.15, 0.2) is 29.2 Å². The van der Waals surface area contributed by atoms with E-state index >= 15 is 0 Å². The standard InChI is InChI=1S/C27H32N4O4S2/c1-15(2)31(26(33)18-8-6-16(3)7-9-18)22-11-23(37-24(22)27(34)35-5)19-10-17(4)20(12-28-19)30-25(32)21-13-36-14-29-21/h10-16,18H,6-9H2,1-5H3,(H,30,32). The molecule has 0 unspecified atom stereocenters. The summed E-state index contributed by atoms with van der Waals surface area (Å²) in [6.07, 6.45) is 5.40. The van der Waals surface area contributed by atoms with Gasteiger partial charge in [-0.25, -0.2) is 9.78 Å². The first-order valence-electron chi connectivity index (χ1n) is 12.4. The van der Waals surface area contributed by atoms with Gasteiger partial charge in [0.2, 0.25) is 5.91 Å². The molecule has 37 heavy (non-hydrogen) atoms. The van der Waals surface area contributed by atoms with Crippen molar-refractivity contribution < 1.29 is 19.1 Å². The number of rotatable bonds is 7. The molecule has 0 aliphatic heterocycles. The van der Waals surface area contributed by atoms with Crippen LogP contribution >= 0.6 is 22.7 Å². The maximum Gasteiger partial charge on any atom is 0.350 e. The van der Waals surface area contributed by atoms with Gasteiger partial charge in [0.15, 0.2) is 0 Å². The van der Waals surface area contributed by atoms with E-state index in [1.807, 2.05) is 32.9 Å². The van der Waals surface area contributed by atoms with Crippen molar-refractivity contribution in [1.29, 1.82) is 0 Å². The molecule has 3 heterocycles. The number of esters is 1. The Kier molecular flexibility index (Phi) is 8.39. The SMILES string of the molecule is COC(=O)c1sc(-c2cc(C)c(NC(=O)c3cscn3)cn2)cc1N(C(=O)C1CCC(C)CC1)C(C)C. The van der Waals surface area contributed by atoms with E-state index < -0.39 is 5.97 Å². The fraction of sp³-hybridized carbons (Fsp3) is 0.444. The predicted molar refractivity (Wildman–Crippen MR) is 147 cm³/mol. The minimum absolute atomic E-state index is 0.0478. The Balaban J connectivity index is 1.65. The lowest BCUT2D eigenvalue weighted by Gasteiger charge is -2.33. The molecule has 3 aromatic heterocycles. The summed E-state index contributed by atoms with van der Waals surface area (Å²) in [5, 5.41) is 4.53. The van der Waals surface area contributed by atoms with E-state index in [1.165, 1.54) is 29.8 Å². The number of amides is 2. The zero-order valence-corrected chi connectivity index (χ0v) is 23.4. The Labute approximate surface area is 225 Å². The van der Waals surface area contributed by atoms with Crippen LogP contribution < -0.4 is 10.2 Å². The van der Waals surface area contributed by atoms with E-state index in [1.54, 1.807) is 22.0 Å². The summed E-state index contributed by atoms with van der Waals surface area (Å²) in [4.78, 5) is 50.3. The molecule has 0 atom stereocenters. The minimum atomic E-state index is -0.481. The van der Waals surface area contributed by atoms with Crippen LogP contribution in [0.2, 0.25) is 0 Å². The molecule has 0 radical (unpaired) electrons. The summed E-state index contributed by atoms with van der Waals surface area (Å²) in [6, 6.07) is 3.59. The third-order valence-electron chi connectivity index (χ3n) is 6.74. The summed E-state index contributed by atoms with van der Waals surface area (Å²) in [7, 11) is 1.35.